The number of nitrogen functional groups attached to an aromatic ring is 1. The lowest BCUT2D eigenvalue weighted by Crippen LogP contribution is -2.17. The van der Waals surface area contributed by atoms with Crippen molar-refractivity contribution >= 4 is 11.4 Å². The van der Waals surface area contributed by atoms with Crippen molar-refractivity contribution in [2.45, 2.75) is 6.92 Å². The normalized spacial score (nSPS) is 9.92. The van der Waals surface area contributed by atoms with Crippen LogP contribution in [0.4, 0.5) is 15.8 Å². The molecule has 0 spiro atoms. The average molecular weight is 168 g/mol. The molecular formula is C9H13FN2. The fraction of sp³-hybridized carbons (Fsp3) is 0.333. The van der Waals surface area contributed by atoms with Gasteiger partial charge in [-0.25, -0.2) is 4.39 Å². The van der Waals surface area contributed by atoms with Crippen LogP contribution in [0.5, 0.6) is 0 Å². The molecule has 66 valence electrons. The molecule has 1 aromatic carbocycles. The molecule has 0 saturated carbocycles. The summed E-state index contributed by atoms with van der Waals surface area (Å²) in [6, 6.07) is 4.72. The van der Waals surface area contributed by atoms with Gasteiger partial charge in [-0.15, -0.1) is 0 Å². The zero-order chi connectivity index (χ0) is 9.14. The molecule has 0 aliphatic carbocycles. The third-order valence-corrected chi connectivity index (χ3v) is 1.86. The highest BCUT2D eigenvalue weighted by molar-refractivity contribution is 5.53. The molecule has 0 unspecified atom stereocenters. The molecule has 0 bridgehead atoms. The molecule has 3 heteroatoms. The van der Waals surface area contributed by atoms with E-state index < -0.39 is 0 Å². The third-order valence-electron chi connectivity index (χ3n) is 1.86. The highest BCUT2D eigenvalue weighted by Gasteiger charge is 2.04. The summed E-state index contributed by atoms with van der Waals surface area (Å²) in [5, 5.41) is 0. The van der Waals surface area contributed by atoms with Gasteiger partial charge in [-0.3, -0.25) is 0 Å². The summed E-state index contributed by atoms with van der Waals surface area (Å²) >= 11 is 0. The fourth-order valence-electron chi connectivity index (χ4n) is 1.00. The Labute approximate surface area is 71.8 Å². The first-order valence-corrected chi connectivity index (χ1v) is 3.91. The summed E-state index contributed by atoms with van der Waals surface area (Å²) in [6.07, 6.45) is 0. The minimum Gasteiger partial charge on any atom is -0.399 e. The van der Waals surface area contributed by atoms with E-state index in [0.29, 0.717) is 11.4 Å². The second-order valence-electron chi connectivity index (χ2n) is 2.73. The Morgan fingerprint density at radius 3 is 2.67 bits per heavy atom. The van der Waals surface area contributed by atoms with Crippen LogP contribution in [0.2, 0.25) is 0 Å². The molecule has 0 aliphatic heterocycles. The van der Waals surface area contributed by atoms with Crippen LogP contribution >= 0.6 is 0 Å². The van der Waals surface area contributed by atoms with Crippen molar-refractivity contribution in [3.05, 3.63) is 24.0 Å². The van der Waals surface area contributed by atoms with Crippen LogP contribution in [-0.4, -0.2) is 13.6 Å². The Morgan fingerprint density at radius 1 is 1.50 bits per heavy atom. The van der Waals surface area contributed by atoms with E-state index in [1.807, 2.05) is 18.9 Å². The first-order valence-electron chi connectivity index (χ1n) is 3.91. The van der Waals surface area contributed by atoms with Gasteiger partial charge in [0, 0.05) is 19.3 Å². The Kier molecular flexibility index (Phi) is 2.53. The molecular weight excluding hydrogens is 155 g/mol. The van der Waals surface area contributed by atoms with Crippen LogP contribution in [0, 0.1) is 5.82 Å². The van der Waals surface area contributed by atoms with Crippen molar-refractivity contribution < 1.29 is 4.39 Å². The third kappa shape index (κ3) is 1.67. The lowest BCUT2D eigenvalue weighted by molar-refractivity contribution is 0.624. The Balaban J connectivity index is 3.01. The van der Waals surface area contributed by atoms with Gasteiger partial charge >= 0.3 is 0 Å². The van der Waals surface area contributed by atoms with E-state index >= 15 is 0 Å². The van der Waals surface area contributed by atoms with E-state index in [1.54, 1.807) is 12.1 Å². The van der Waals surface area contributed by atoms with Gasteiger partial charge in [0.15, 0.2) is 0 Å². The predicted molar refractivity (Wildman–Crippen MR) is 49.8 cm³/mol. The molecule has 0 heterocycles. The molecule has 1 aromatic rings. The molecule has 0 saturated heterocycles. The zero-order valence-electron chi connectivity index (χ0n) is 7.34. The molecule has 0 amide bonds. The molecule has 2 N–H and O–H groups in total. The summed E-state index contributed by atoms with van der Waals surface area (Å²) in [5.74, 6) is -0.264. The summed E-state index contributed by atoms with van der Waals surface area (Å²) in [6.45, 7) is 2.75. The van der Waals surface area contributed by atoms with Crippen molar-refractivity contribution in [1.82, 2.24) is 0 Å². The number of anilines is 2. The van der Waals surface area contributed by atoms with Gasteiger partial charge in [-0.1, -0.05) is 0 Å². The Hall–Kier alpha value is -1.25. The monoisotopic (exact) mass is 168 g/mol. The van der Waals surface area contributed by atoms with Gasteiger partial charge in [0.1, 0.15) is 5.82 Å². The van der Waals surface area contributed by atoms with Crippen molar-refractivity contribution in [2.75, 3.05) is 24.2 Å². The first kappa shape index (κ1) is 8.84. The second kappa shape index (κ2) is 3.43. The number of rotatable bonds is 2. The van der Waals surface area contributed by atoms with Crippen LogP contribution in [0.3, 0.4) is 0 Å². The zero-order valence-corrected chi connectivity index (χ0v) is 7.34. The highest BCUT2D eigenvalue weighted by Crippen LogP contribution is 2.19. The molecule has 0 fully saturated rings. The number of benzene rings is 1. The van der Waals surface area contributed by atoms with Gasteiger partial charge in [0.25, 0.3) is 0 Å². The van der Waals surface area contributed by atoms with Crippen molar-refractivity contribution in [2.24, 2.45) is 0 Å². The minimum absolute atomic E-state index is 0.264. The van der Waals surface area contributed by atoms with Gasteiger partial charge in [-0.05, 0) is 25.1 Å². The largest absolute Gasteiger partial charge is 0.399 e. The van der Waals surface area contributed by atoms with Crippen molar-refractivity contribution in [3.63, 3.8) is 0 Å². The molecule has 12 heavy (non-hydrogen) atoms. The predicted octanol–water partition coefficient (Wildman–Crippen LogP) is 1.86. The van der Waals surface area contributed by atoms with E-state index in [-0.39, 0.29) is 5.82 Å². The van der Waals surface area contributed by atoms with Crippen molar-refractivity contribution in [3.8, 4) is 0 Å². The summed E-state index contributed by atoms with van der Waals surface area (Å²) in [7, 11) is 1.84. The highest BCUT2D eigenvalue weighted by atomic mass is 19.1. The van der Waals surface area contributed by atoms with Gasteiger partial charge in [0.05, 0.1) is 5.69 Å². The SMILES string of the molecule is CCN(C)c1ccc(N)cc1F. The van der Waals surface area contributed by atoms with E-state index in [9.17, 15) is 4.39 Å². The first-order chi connectivity index (χ1) is 5.65. The van der Waals surface area contributed by atoms with Crippen LogP contribution in [-0.2, 0) is 0 Å². The van der Waals surface area contributed by atoms with Crippen LogP contribution < -0.4 is 10.6 Å². The average Bonchev–Trinajstić information content (AvgIpc) is 2.03. The Morgan fingerprint density at radius 2 is 2.17 bits per heavy atom. The number of hydrogen-bond acceptors (Lipinski definition) is 2. The standard InChI is InChI=1S/C9H13FN2/c1-3-12(2)9-5-4-7(11)6-8(9)10/h4-6H,3,11H2,1-2H3. The molecule has 0 atom stereocenters. The van der Waals surface area contributed by atoms with Crippen LogP contribution in [0.15, 0.2) is 18.2 Å². The molecule has 0 aliphatic rings. The second-order valence-corrected chi connectivity index (χ2v) is 2.73. The quantitative estimate of drug-likeness (QED) is 0.683. The fourth-order valence-corrected chi connectivity index (χ4v) is 1.00. The minimum atomic E-state index is -0.264. The number of hydrogen-bond donors (Lipinski definition) is 1. The smallest absolute Gasteiger partial charge is 0.148 e. The van der Waals surface area contributed by atoms with Gasteiger partial charge in [0.2, 0.25) is 0 Å². The Bertz CT molecular complexity index is 273. The van der Waals surface area contributed by atoms with Gasteiger partial charge < -0.3 is 10.6 Å². The van der Waals surface area contributed by atoms with Gasteiger partial charge in [-0.2, -0.15) is 0 Å². The number of nitrogens with zero attached hydrogens (tertiary/aromatic N) is 1. The number of nitrogens with two attached hydrogens (primary N) is 1. The van der Waals surface area contributed by atoms with Crippen LogP contribution in [0.1, 0.15) is 6.92 Å². The molecule has 1 rings (SSSR count). The van der Waals surface area contributed by atoms with Crippen molar-refractivity contribution in [1.29, 1.82) is 0 Å². The van der Waals surface area contributed by atoms with E-state index in [2.05, 4.69) is 0 Å². The van der Waals surface area contributed by atoms with E-state index in [0.717, 1.165) is 6.54 Å². The van der Waals surface area contributed by atoms with Crippen LogP contribution in [0.25, 0.3) is 0 Å². The van der Waals surface area contributed by atoms with E-state index in [1.165, 1.54) is 6.07 Å². The van der Waals surface area contributed by atoms with E-state index in [4.69, 9.17) is 5.73 Å². The summed E-state index contributed by atoms with van der Waals surface area (Å²) < 4.78 is 13.2. The number of halogens is 1. The maximum atomic E-state index is 13.2. The maximum absolute atomic E-state index is 13.2. The molecule has 2 nitrogen and oxygen atoms in total. The lowest BCUT2D eigenvalue weighted by Gasteiger charge is -2.17. The summed E-state index contributed by atoms with van der Waals surface area (Å²) in [4.78, 5) is 1.83. The lowest BCUT2D eigenvalue weighted by atomic mass is 10.2. The maximum Gasteiger partial charge on any atom is 0.148 e. The topological polar surface area (TPSA) is 29.3 Å². The molecule has 0 aromatic heterocycles. The molecule has 0 radical (unpaired) electrons. The summed E-state index contributed by atoms with van der Waals surface area (Å²) in [5.41, 5.74) is 6.46.